The fourth-order valence-electron chi connectivity index (χ4n) is 1.04. The zero-order valence-electron chi connectivity index (χ0n) is 7.93. The van der Waals surface area contributed by atoms with Crippen LogP contribution in [0.5, 0.6) is 5.75 Å². The maximum Gasteiger partial charge on any atom is 0.142 e. The zero-order valence-corrected chi connectivity index (χ0v) is 9.52. The summed E-state index contributed by atoms with van der Waals surface area (Å²) in [6.45, 7) is 2.86. The first-order valence-corrected chi connectivity index (χ1v) is 5.17. The number of benzene rings is 1. The number of ether oxygens (including phenoxy) is 1. The number of hydrogen-bond acceptors (Lipinski definition) is 2. The Morgan fingerprint density at radius 3 is 2.85 bits per heavy atom. The Labute approximate surface area is 87.4 Å². The first kappa shape index (κ1) is 10.4. The fourth-order valence-corrected chi connectivity index (χ4v) is 1.40. The minimum atomic E-state index is 0.760. The van der Waals surface area contributed by atoms with Gasteiger partial charge < -0.3 is 10.1 Å². The highest BCUT2D eigenvalue weighted by Gasteiger charge is 2.01. The van der Waals surface area contributed by atoms with Gasteiger partial charge in [-0.2, -0.15) is 0 Å². The third-order valence-electron chi connectivity index (χ3n) is 1.67. The Morgan fingerprint density at radius 2 is 2.23 bits per heavy atom. The van der Waals surface area contributed by atoms with Crippen LogP contribution in [-0.4, -0.2) is 13.7 Å². The number of hydrogen-bond donors (Lipinski definition) is 1. The Kier molecular flexibility index (Phi) is 4.09. The first-order valence-electron chi connectivity index (χ1n) is 4.38. The lowest BCUT2D eigenvalue weighted by atomic mass is 10.3. The summed E-state index contributed by atoms with van der Waals surface area (Å²) in [4.78, 5) is 0. The number of anilines is 1. The SMILES string of the molecule is CCCOc1ccc(Br)cc1NC. The summed E-state index contributed by atoms with van der Waals surface area (Å²) in [6, 6.07) is 5.95. The predicted octanol–water partition coefficient (Wildman–Crippen LogP) is 3.28. The van der Waals surface area contributed by atoms with Crippen molar-refractivity contribution < 1.29 is 4.74 Å². The minimum absolute atomic E-state index is 0.760. The number of rotatable bonds is 4. The number of nitrogens with one attached hydrogen (secondary N) is 1. The molecule has 0 bridgehead atoms. The molecule has 0 spiro atoms. The van der Waals surface area contributed by atoms with Crippen LogP contribution in [0.25, 0.3) is 0 Å². The summed E-state index contributed by atoms with van der Waals surface area (Å²) < 4.78 is 6.61. The van der Waals surface area contributed by atoms with Crippen molar-refractivity contribution in [3.8, 4) is 5.75 Å². The molecule has 2 nitrogen and oxygen atoms in total. The second-order valence-electron chi connectivity index (χ2n) is 2.74. The van der Waals surface area contributed by atoms with Crippen LogP contribution in [-0.2, 0) is 0 Å². The third kappa shape index (κ3) is 2.92. The van der Waals surface area contributed by atoms with Crippen LogP contribution in [0.1, 0.15) is 13.3 Å². The molecule has 13 heavy (non-hydrogen) atoms. The van der Waals surface area contributed by atoms with Gasteiger partial charge in [-0.25, -0.2) is 0 Å². The van der Waals surface area contributed by atoms with Crippen LogP contribution in [0.4, 0.5) is 5.69 Å². The standard InChI is InChI=1S/C10H14BrNO/c1-3-6-13-10-5-4-8(11)7-9(10)12-2/h4-5,7,12H,3,6H2,1-2H3. The van der Waals surface area contributed by atoms with Crippen molar-refractivity contribution in [3.63, 3.8) is 0 Å². The van der Waals surface area contributed by atoms with Gasteiger partial charge in [0.15, 0.2) is 0 Å². The van der Waals surface area contributed by atoms with Crippen LogP contribution in [0, 0.1) is 0 Å². The van der Waals surface area contributed by atoms with E-state index in [0.29, 0.717) is 0 Å². The van der Waals surface area contributed by atoms with Gasteiger partial charge >= 0.3 is 0 Å². The Balaban J connectivity index is 2.79. The minimum Gasteiger partial charge on any atom is -0.491 e. The Morgan fingerprint density at radius 1 is 1.46 bits per heavy atom. The summed E-state index contributed by atoms with van der Waals surface area (Å²) in [7, 11) is 1.89. The molecule has 72 valence electrons. The molecule has 3 heteroatoms. The normalized spacial score (nSPS) is 9.77. The second kappa shape index (κ2) is 5.12. The Bertz CT molecular complexity index is 276. The van der Waals surface area contributed by atoms with Crippen LogP contribution in [0.2, 0.25) is 0 Å². The van der Waals surface area contributed by atoms with Crippen LogP contribution >= 0.6 is 15.9 Å². The molecule has 0 aliphatic heterocycles. The molecule has 0 saturated carbocycles. The molecule has 1 rings (SSSR count). The van der Waals surface area contributed by atoms with Crippen molar-refractivity contribution in [1.82, 2.24) is 0 Å². The lowest BCUT2D eigenvalue weighted by Crippen LogP contribution is -1.99. The Hall–Kier alpha value is -0.700. The van der Waals surface area contributed by atoms with E-state index in [1.807, 2.05) is 25.2 Å². The van der Waals surface area contributed by atoms with Gasteiger partial charge in [0.05, 0.1) is 12.3 Å². The van der Waals surface area contributed by atoms with Gasteiger partial charge in [-0.05, 0) is 24.6 Å². The quantitative estimate of drug-likeness (QED) is 0.877. The molecule has 1 aromatic carbocycles. The van der Waals surface area contributed by atoms with Crippen molar-refractivity contribution in [2.75, 3.05) is 19.0 Å². The highest BCUT2D eigenvalue weighted by atomic mass is 79.9. The van der Waals surface area contributed by atoms with Gasteiger partial charge in [-0.15, -0.1) is 0 Å². The number of halogens is 1. The van der Waals surface area contributed by atoms with Crippen LogP contribution in [0.15, 0.2) is 22.7 Å². The molecule has 0 radical (unpaired) electrons. The third-order valence-corrected chi connectivity index (χ3v) is 2.17. The van der Waals surface area contributed by atoms with E-state index in [0.717, 1.165) is 28.9 Å². The summed E-state index contributed by atoms with van der Waals surface area (Å²) in [5.74, 6) is 0.910. The maximum absolute atomic E-state index is 5.55. The molecule has 0 aromatic heterocycles. The van der Waals surface area contributed by atoms with Crippen molar-refractivity contribution in [3.05, 3.63) is 22.7 Å². The lowest BCUT2D eigenvalue weighted by molar-refractivity contribution is 0.319. The van der Waals surface area contributed by atoms with E-state index in [1.165, 1.54) is 0 Å². The molecule has 0 saturated heterocycles. The van der Waals surface area contributed by atoms with E-state index < -0.39 is 0 Å². The predicted molar refractivity (Wildman–Crippen MR) is 59.5 cm³/mol. The van der Waals surface area contributed by atoms with E-state index in [1.54, 1.807) is 0 Å². The zero-order chi connectivity index (χ0) is 9.68. The van der Waals surface area contributed by atoms with Crippen molar-refractivity contribution in [1.29, 1.82) is 0 Å². The van der Waals surface area contributed by atoms with Crippen molar-refractivity contribution >= 4 is 21.6 Å². The van der Waals surface area contributed by atoms with Crippen LogP contribution in [0.3, 0.4) is 0 Å². The lowest BCUT2D eigenvalue weighted by Gasteiger charge is -2.10. The van der Waals surface area contributed by atoms with Gasteiger partial charge in [0, 0.05) is 11.5 Å². The smallest absolute Gasteiger partial charge is 0.142 e. The molecule has 0 amide bonds. The molecule has 1 N–H and O–H groups in total. The van der Waals surface area contributed by atoms with E-state index in [2.05, 4.69) is 28.2 Å². The molecule has 1 aromatic rings. The van der Waals surface area contributed by atoms with Gasteiger partial charge in [0.2, 0.25) is 0 Å². The topological polar surface area (TPSA) is 21.3 Å². The first-order chi connectivity index (χ1) is 6.27. The molecule has 0 fully saturated rings. The van der Waals surface area contributed by atoms with Gasteiger partial charge in [-0.1, -0.05) is 22.9 Å². The summed E-state index contributed by atoms with van der Waals surface area (Å²) in [5, 5.41) is 3.09. The monoisotopic (exact) mass is 243 g/mol. The molecule has 0 heterocycles. The summed E-state index contributed by atoms with van der Waals surface area (Å²) in [5.41, 5.74) is 1.02. The molecular formula is C10H14BrNO. The largest absolute Gasteiger partial charge is 0.491 e. The van der Waals surface area contributed by atoms with Crippen molar-refractivity contribution in [2.45, 2.75) is 13.3 Å². The van der Waals surface area contributed by atoms with E-state index in [9.17, 15) is 0 Å². The molecular weight excluding hydrogens is 230 g/mol. The molecule has 0 atom stereocenters. The van der Waals surface area contributed by atoms with Gasteiger partial charge in [-0.3, -0.25) is 0 Å². The highest BCUT2D eigenvalue weighted by Crippen LogP contribution is 2.27. The average molecular weight is 244 g/mol. The van der Waals surface area contributed by atoms with E-state index >= 15 is 0 Å². The molecule has 0 aliphatic carbocycles. The molecule has 0 unspecified atom stereocenters. The van der Waals surface area contributed by atoms with E-state index in [-0.39, 0.29) is 0 Å². The van der Waals surface area contributed by atoms with Crippen molar-refractivity contribution in [2.24, 2.45) is 0 Å². The molecule has 0 aliphatic rings. The average Bonchev–Trinajstić information content (AvgIpc) is 2.16. The highest BCUT2D eigenvalue weighted by molar-refractivity contribution is 9.10. The van der Waals surface area contributed by atoms with Gasteiger partial charge in [0.1, 0.15) is 5.75 Å². The summed E-state index contributed by atoms with van der Waals surface area (Å²) >= 11 is 3.41. The maximum atomic E-state index is 5.55. The summed E-state index contributed by atoms with van der Waals surface area (Å²) in [6.07, 6.45) is 1.03. The fraction of sp³-hybridized carbons (Fsp3) is 0.400. The van der Waals surface area contributed by atoms with Crippen LogP contribution < -0.4 is 10.1 Å². The van der Waals surface area contributed by atoms with E-state index in [4.69, 9.17) is 4.74 Å². The second-order valence-corrected chi connectivity index (χ2v) is 3.65. The van der Waals surface area contributed by atoms with Gasteiger partial charge in [0.25, 0.3) is 0 Å².